The molecule has 3 nitrogen and oxygen atoms in total. The first-order valence-electron chi connectivity index (χ1n) is 7.06. The minimum absolute atomic E-state index is 0.0425. The van der Waals surface area contributed by atoms with Gasteiger partial charge in [-0.15, -0.1) is 0 Å². The zero-order valence-corrected chi connectivity index (χ0v) is 12.9. The molecule has 1 unspecified atom stereocenters. The lowest BCUT2D eigenvalue weighted by Gasteiger charge is -2.43. The number of ether oxygens (including phenoxy) is 1. The summed E-state index contributed by atoms with van der Waals surface area (Å²) in [6.07, 6.45) is 2.93. The van der Waals surface area contributed by atoms with Crippen molar-refractivity contribution in [3.8, 4) is 5.75 Å². The van der Waals surface area contributed by atoms with E-state index in [9.17, 15) is 0 Å². The summed E-state index contributed by atoms with van der Waals surface area (Å²) in [5.41, 5.74) is 7.76. The molecule has 0 bridgehead atoms. The molecular formula is C16H28N2O. The zero-order valence-electron chi connectivity index (χ0n) is 12.9. The van der Waals surface area contributed by atoms with E-state index in [-0.39, 0.29) is 11.6 Å². The second kappa shape index (κ2) is 6.92. The average Bonchev–Trinajstić information content (AvgIpc) is 2.41. The van der Waals surface area contributed by atoms with Gasteiger partial charge in [0.2, 0.25) is 0 Å². The molecule has 0 saturated carbocycles. The number of rotatable bonds is 7. The Morgan fingerprint density at radius 3 is 2.26 bits per heavy atom. The Morgan fingerprint density at radius 1 is 1.21 bits per heavy atom. The molecule has 0 spiro atoms. The average molecular weight is 264 g/mol. The Kier molecular flexibility index (Phi) is 5.83. The maximum absolute atomic E-state index is 6.53. The van der Waals surface area contributed by atoms with Crippen molar-refractivity contribution in [2.45, 2.75) is 44.7 Å². The van der Waals surface area contributed by atoms with Crippen molar-refractivity contribution >= 4 is 0 Å². The van der Waals surface area contributed by atoms with Gasteiger partial charge in [-0.1, -0.05) is 32.0 Å². The van der Waals surface area contributed by atoms with Crippen LogP contribution in [0.5, 0.6) is 5.75 Å². The SMILES string of the molecule is CCC(CC)(C(N)Cc1ccccc1OC)N(C)C. The summed E-state index contributed by atoms with van der Waals surface area (Å²) in [5, 5.41) is 0. The first-order valence-corrected chi connectivity index (χ1v) is 7.06. The molecule has 0 fully saturated rings. The van der Waals surface area contributed by atoms with E-state index in [0.29, 0.717) is 0 Å². The lowest BCUT2D eigenvalue weighted by Crippen LogP contribution is -2.57. The number of hydrogen-bond donors (Lipinski definition) is 1. The number of methoxy groups -OCH3 is 1. The van der Waals surface area contributed by atoms with E-state index in [2.05, 4.69) is 38.9 Å². The van der Waals surface area contributed by atoms with Crippen LogP contribution in [-0.4, -0.2) is 37.7 Å². The highest BCUT2D eigenvalue weighted by Gasteiger charge is 2.35. The Hall–Kier alpha value is -1.06. The second-order valence-corrected chi connectivity index (χ2v) is 5.33. The van der Waals surface area contributed by atoms with Gasteiger partial charge in [-0.05, 0) is 45.0 Å². The molecule has 1 rings (SSSR count). The lowest BCUT2D eigenvalue weighted by molar-refractivity contribution is 0.105. The first-order chi connectivity index (χ1) is 9.01. The highest BCUT2D eigenvalue weighted by Crippen LogP contribution is 2.29. The van der Waals surface area contributed by atoms with E-state index in [0.717, 1.165) is 25.0 Å². The summed E-state index contributed by atoms with van der Waals surface area (Å²) < 4.78 is 5.42. The molecule has 2 N–H and O–H groups in total. The van der Waals surface area contributed by atoms with Crippen LogP contribution in [0.1, 0.15) is 32.3 Å². The largest absolute Gasteiger partial charge is 0.496 e. The van der Waals surface area contributed by atoms with Crippen LogP contribution in [0, 0.1) is 0 Å². The van der Waals surface area contributed by atoms with Crippen molar-refractivity contribution in [3.63, 3.8) is 0 Å². The maximum Gasteiger partial charge on any atom is 0.122 e. The van der Waals surface area contributed by atoms with Gasteiger partial charge in [-0.25, -0.2) is 0 Å². The Balaban J connectivity index is 2.96. The third-order valence-corrected chi connectivity index (χ3v) is 4.44. The molecular weight excluding hydrogens is 236 g/mol. The highest BCUT2D eigenvalue weighted by molar-refractivity contribution is 5.34. The van der Waals surface area contributed by atoms with Gasteiger partial charge in [-0.3, -0.25) is 0 Å². The fourth-order valence-electron chi connectivity index (χ4n) is 3.04. The first kappa shape index (κ1) is 16.0. The summed E-state index contributed by atoms with van der Waals surface area (Å²) in [6, 6.07) is 8.22. The molecule has 19 heavy (non-hydrogen) atoms. The maximum atomic E-state index is 6.53. The van der Waals surface area contributed by atoms with E-state index in [4.69, 9.17) is 10.5 Å². The van der Waals surface area contributed by atoms with E-state index in [1.165, 1.54) is 5.56 Å². The Labute approximate surface area is 117 Å². The molecule has 0 amide bonds. The van der Waals surface area contributed by atoms with Gasteiger partial charge in [0.1, 0.15) is 5.75 Å². The van der Waals surface area contributed by atoms with E-state index in [1.54, 1.807) is 7.11 Å². The molecule has 0 radical (unpaired) electrons. The summed E-state index contributed by atoms with van der Waals surface area (Å²) in [6.45, 7) is 4.43. The summed E-state index contributed by atoms with van der Waals surface area (Å²) in [4.78, 5) is 2.27. The number of nitrogens with two attached hydrogens (primary N) is 1. The van der Waals surface area contributed by atoms with Crippen LogP contribution in [0.2, 0.25) is 0 Å². The fraction of sp³-hybridized carbons (Fsp3) is 0.625. The van der Waals surface area contributed by atoms with Gasteiger partial charge in [0.05, 0.1) is 7.11 Å². The number of nitrogens with zero attached hydrogens (tertiary/aromatic N) is 1. The van der Waals surface area contributed by atoms with Crippen LogP contribution in [-0.2, 0) is 6.42 Å². The van der Waals surface area contributed by atoms with E-state index >= 15 is 0 Å². The predicted octanol–water partition coefficient (Wildman–Crippen LogP) is 2.69. The van der Waals surface area contributed by atoms with Crippen LogP contribution in [0.4, 0.5) is 0 Å². The quantitative estimate of drug-likeness (QED) is 0.823. The Bertz CT molecular complexity index is 386. The van der Waals surface area contributed by atoms with Gasteiger partial charge in [0.15, 0.2) is 0 Å². The standard InChI is InChI=1S/C16H28N2O/c1-6-16(7-2,18(3)4)15(17)12-13-10-8-9-11-14(13)19-5/h8-11,15H,6-7,12,17H2,1-5H3. The highest BCUT2D eigenvalue weighted by atomic mass is 16.5. The molecule has 0 aliphatic rings. The van der Waals surface area contributed by atoms with E-state index in [1.807, 2.05) is 18.2 Å². The molecule has 3 heteroatoms. The van der Waals surface area contributed by atoms with Crippen LogP contribution in [0.25, 0.3) is 0 Å². The minimum Gasteiger partial charge on any atom is -0.496 e. The fourth-order valence-corrected chi connectivity index (χ4v) is 3.04. The third kappa shape index (κ3) is 3.28. The molecule has 1 atom stereocenters. The van der Waals surface area contributed by atoms with Crippen molar-refractivity contribution in [2.75, 3.05) is 21.2 Å². The molecule has 1 aromatic carbocycles. The van der Waals surface area contributed by atoms with Crippen molar-refractivity contribution < 1.29 is 4.74 Å². The van der Waals surface area contributed by atoms with Crippen molar-refractivity contribution in [3.05, 3.63) is 29.8 Å². The van der Waals surface area contributed by atoms with Crippen LogP contribution in [0.15, 0.2) is 24.3 Å². The van der Waals surface area contributed by atoms with Gasteiger partial charge in [-0.2, -0.15) is 0 Å². The van der Waals surface area contributed by atoms with Gasteiger partial charge < -0.3 is 15.4 Å². The molecule has 0 aromatic heterocycles. The van der Waals surface area contributed by atoms with E-state index < -0.39 is 0 Å². The molecule has 0 saturated heterocycles. The number of para-hydroxylation sites is 1. The molecule has 0 heterocycles. The van der Waals surface area contributed by atoms with Crippen LogP contribution < -0.4 is 10.5 Å². The summed E-state index contributed by atoms with van der Waals surface area (Å²) in [7, 11) is 5.95. The summed E-state index contributed by atoms with van der Waals surface area (Å²) >= 11 is 0. The molecule has 1 aromatic rings. The van der Waals surface area contributed by atoms with Crippen LogP contribution >= 0.6 is 0 Å². The molecule has 108 valence electrons. The predicted molar refractivity (Wildman–Crippen MR) is 81.7 cm³/mol. The second-order valence-electron chi connectivity index (χ2n) is 5.33. The van der Waals surface area contributed by atoms with Crippen molar-refractivity contribution in [2.24, 2.45) is 5.73 Å². The number of hydrogen-bond acceptors (Lipinski definition) is 3. The van der Waals surface area contributed by atoms with Gasteiger partial charge >= 0.3 is 0 Å². The molecule has 0 aliphatic heterocycles. The van der Waals surface area contributed by atoms with Crippen LogP contribution in [0.3, 0.4) is 0 Å². The van der Waals surface area contributed by atoms with Gasteiger partial charge in [0.25, 0.3) is 0 Å². The number of benzene rings is 1. The smallest absolute Gasteiger partial charge is 0.122 e. The topological polar surface area (TPSA) is 38.5 Å². The summed E-state index contributed by atoms with van der Waals surface area (Å²) in [5.74, 6) is 0.929. The third-order valence-electron chi connectivity index (χ3n) is 4.44. The zero-order chi connectivity index (χ0) is 14.5. The normalized spacial score (nSPS) is 13.6. The van der Waals surface area contributed by atoms with Crippen molar-refractivity contribution in [1.82, 2.24) is 4.90 Å². The lowest BCUT2D eigenvalue weighted by atomic mass is 9.80. The monoisotopic (exact) mass is 264 g/mol. The molecule has 0 aliphatic carbocycles. The Morgan fingerprint density at radius 2 is 1.79 bits per heavy atom. The van der Waals surface area contributed by atoms with Gasteiger partial charge in [0, 0.05) is 11.6 Å². The number of likely N-dealkylation sites (N-methyl/N-ethyl adjacent to an activating group) is 1. The van der Waals surface area contributed by atoms with Crippen molar-refractivity contribution in [1.29, 1.82) is 0 Å². The minimum atomic E-state index is 0.0425.